The largest absolute Gasteiger partial charge is 0.496 e. The van der Waals surface area contributed by atoms with Gasteiger partial charge in [-0.3, -0.25) is 9.59 Å². The Labute approximate surface area is 204 Å². The highest BCUT2D eigenvalue weighted by atomic mass is 28.3. The molecule has 8 nitrogen and oxygen atoms in total. The van der Waals surface area contributed by atoms with E-state index in [1.54, 1.807) is 35.0 Å². The Morgan fingerprint density at radius 2 is 2.00 bits per heavy atom. The third-order valence-electron chi connectivity index (χ3n) is 6.11. The van der Waals surface area contributed by atoms with Gasteiger partial charge in [0.2, 0.25) is 5.91 Å². The molecule has 1 aliphatic carbocycles. The number of halogens is 1. The smallest absolute Gasteiger partial charge is 0.307 e. The number of fused-ring (bicyclic) bond motifs is 1. The molecule has 1 aliphatic rings. The summed E-state index contributed by atoms with van der Waals surface area (Å²) in [5.74, 6) is -2.27. The zero-order chi connectivity index (χ0) is 25.3. The summed E-state index contributed by atoms with van der Waals surface area (Å²) in [6.07, 6.45) is 2.10. The monoisotopic (exact) mass is 499 g/mol. The van der Waals surface area contributed by atoms with E-state index in [9.17, 15) is 14.0 Å². The molecule has 186 valence electrons. The lowest BCUT2D eigenvalue weighted by Crippen LogP contribution is -2.22. The van der Waals surface area contributed by atoms with Crippen LogP contribution in [0, 0.1) is 17.7 Å². The number of pyridine rings is 1. The molecule has 2 N–H and O–H groups in total. The lowest BCUT2D eigenvalue weighted by molar-refractivity contribution is -0.139. The topological polar surface area (TPSA) is 103 Å². The van der Waals surface area contributed by atoms with Gasteiger partial charge in [0.15, 0.2) is 0 Å². The number of nitrogens with one attached hydrogen (secondary N) is 1. The molecule has 0 saturated heterocycles. The fourth-order valence-electron chi connectivity index (χ4n) is 3.99. The SMILES string of the molecule is COc1cccc(F)c1-c1cn(COCC[Si](C)(C)C)c2nc(NC(=O)[C@@H]3C[C@H]3C(=O)O)ccc12. The van der Waals surface area contributed by atoms with Gasteiger partial charge in [-0.1, -0.05) is 25.7 Å². The molecule has 2 heterocycles. The maximum Gasteiger partial charge on any atom is 0.307 e. The average molecular weight is 500 g/mol. The molecule has 0 bridgehead atoms. The quantitative estimate of drug-likeness (QED) is 0.306. The number of carbonyl (C=O) groups excluding carboxylic acids is 1. The van der Waals surface area contributed by atoms with Gasteiger partial charge in [-0.2, -0.15) is 0 Å². The first kappa shape index (κ1) is 24.9. The fourth-order valence-corrected chi connectivity index (χ4v) is 4.74. The second-order valence-electron chi connectivity index (χ2n) is 10.0. The minimum Gasteiger partial charge on any atom is -0.496 e. The molecule has 0 spiro atoms. The number of hydrogen-bond donors (Lipinski definition) is 2. The molecule has 1 aromatic carbocycles. The van der Waals surface area contributed by atoms with Crippen molar-refractivity contribution in [1.29, 1.82) is 0 Å². The zero-order valence-electron chi connectivity index (χ0n) is 20.3. The van der Waals surface area contributed by atoms with E-state index in [1.165, 1.54) is 13.2 Å². The van der Waals surface area contributed by atoms with E-state index in [0.29, 0.717) is 46.8 Å². The van der Waals surface area contributed by atoms with Gasteiger partial charge in [0.1, 0.15) is 29.8 Å². The van der Waals surface area contributed by atoms with Crippen LogP contribution >= 0.6 is 0 Å². The van der Waals surface area contributed by atoms with Crippen molar-refractivity contribution in [3.05, 3.63) is 42.3 Å². The fraction of sp³-hybridized carbons (Fsp3) is 0.400. The highest BCUT2D eigenvalue weighted by molar-refractivity contribution is 6.76. The molecular weight excluding hydrogens is 469 g/mol. The summed E-state index contributed by atoms with van der Waals surface area (Å²) >= 11 is 0. The van der Waals surface area contributed by atoms with Crippen LogP contribution < -0.4 is 10.1 Å². The summed E-state index contributed by atoms with van der Waals surface area (Å²) in [6.45, 7) is 7.63. The number of rotatable bonds is 10. The van der Waals surface area contributed by atoms with Crippen molar-refractivity contribution >= 4 is 36.8 Å². The van der Waals surface area contributed by atoms with E-state index >= 15 is 0 Å². The number of aliphatic carboxylic acids is 1. The number of aromatic nitrogens is 2. The molecule has 3 aromatic rings. The van der Waals surface area contributed by atoms with Crippen LogP contribution in [0.5, 0.6) is 5.75 Å². The molecule has 35 heavy (non-hydrogen) atoms. The first-order valence-corrected chi connectivity index (χ1v) is 15.2. The Balaban J connectivity index is 1.67. The van der Waals surface area contributed by atoms with Gasteiger partial charge >= 0.3 is 5.97 Å². The van der Waals surface area contributed by atoms with Gasteiger partial charge in [-0.05, 0) is 36.7 Å². The lowest BCUT2D eigenvalue weighted by Gasteiger charge is -2.15. The minimum atomic E-state index is -1.27. The standard InChI is InChI=1S/C25H30FN3O5Si/c1-33-20-7-5-6-19(26)22(20)18-13-29(14-34-10-11-35(2,3)4)23-15(18)8-9-21(27-23)28-24(30)16-12-17(16)25(31)32/h5-9,13,16-17H,10-12,14H2,1-4H3,(H,31,32)(H,27,28,30)/t16-,17-/m1/s1. The summed E-state index contributed by atoms with van der Waals surface area (Å²) in [6, 6.07) is 9.06. The molecule has 2 atom stereocenters. The van der Waals surface area contributed by atoms with Gasteiger partial charge < -0.3 is 24.5 Å². The number of anilines is 1. The molecule has 0 unspecified atom stereocenters. The highest BCUT2D eigenvalue weighted by Gasteiger charge is 2.48. The number of ether oxygens (including phenoxy) is 2. The van der Waals surface area contributed by atoms with Gasteiger partial charge in [0, 0.05) is 31.8 Å². The van der Waals surface area contributed by atoms with Crippen LogP contribution in [0.2, 0.25) is 25.7 Å². The number of carboxylic acids is 1. The molecule has 2 aromatic heterocycles. The van der Waals surface area contributed by atoms with Crippen LogP contribution in [0.4, 0.5) is 10.2 Å². The maximum absolute atomic E-state index is 14.9. The van der Waals surface area contributed by atoms with E-state index in [2.05, 4.69) is 29.9 Å². The van der Waals surface area contributed by atoms with Crippen LogP contribution in [0.1, 0.15) is 6.42 Å². The summed E-state index contributed by atoms with van der Waals surface area (Å²) < 4.78 is 28.0. The number of benzene rings is 1. The van der Waals surface area contributed by atoms with Crippen LogP contribution in [-0.2, 0) is 21.1 Å². The predicted octanol–water partition coefficient (Wildman–Crippen LogP) is 4.82. The lowest BCUT2D eigenvalue weighted by atomic mass is 10.0. The Hall–Kier alpha value is -3.24. The normalized spacial score (nSPS) is 17.4. The van der Waals surface area contributed by atoms with Crippen molar-refractivity contribution in [2.24, 2.45) is 11.8 Å². The van der Waals surface area contributed by atoms with Gasteiger partial charge in [-0.25, -0.2) is 9.37 Å². The van der Waals surface area contributed by atoms with Crippen LogP contribution in [0.15, 0.2) is 36.5 Å². The molecule has 0 aliphatic heterocycles. The van der Waals surface area contributed by atoms with Crippen molar-refractivity contribution in [3.63, 3.8) is 0 Å². The van der Waals surface area contributed by atoms with E-state index < -0.39 is 31.7 Å². The number of carboxylic acid groups (broad SMARTS) is 1. The van der Waals surface area contributed by atoms with Crippen molar-refractivity contribution in [2.45, 2.75) is 38.8 Å². The number of methoxy groups -OCH3 is 1. The van der Waals surface area contributed by atoms with Crippen molar-refractivity contribution in [2.75, 3.05) is 19.0 Å². The third-order valence-corrected chi connectivity index (χ3v) is 7.81. The third kappa shape index (κ3) is 5.54. The minimum absolute atomic E-state index is 0.214. The van der Waals surface area contributed by atoms with Crippen LogP contribution in [0.25, 0.3) is 22.2 Å². The summed E-state index contributed by atoms with van der Waals surface area (Å²) in [4.78, 5) is 28.2. The molecule has 1 amide bonds. The molecule has 0 radical (unpaired) electrons. The van der Waals surface area contributed by atoms with Crippen molar-refractivity contribution in [1.82, 2.24) is 9.55 Å². The number of hydrogen-bond acceptors (Lipinski definition) is 5. The second kappa shape index (κ2) is 9.78. The number of amides is 1. The van der Waals surface area contributed by atoms with Crippen LogP contribution in [-0.4, -0.2) is 48.3 Å². The van der Waals surface area contributed by atoms with Gasteiger partial charge in [0.05, 0.1) is 24.5 Å². The maximum atomic E-state index is 14.9. The summed E-state index contributed by atoms with van der Waals surface area (Å²) in [5.41, 5.74) is 1.44. The molecule has 4 rings (SSSR count). The summed E-state index contributed by atoms with van der Waals surface area (Å²) in [7, 11) is 0.224. The Kier molecular flexibility index (Phi) is 6.95. The highest BCUT2D eigenvalue weighted by Crippen LogP contribution is 2.40. The Morgan fingerprint density at radius 1 is 1.23 bits per heavy atom. The van der Waals surface area contributed by atoms with Crippen LogP contribution in [0.3, 0.4) is 0 Å². The molecule has 1 saturated carbocycles. The molecule has 10 heteroatoms. The van der Waals surface area contributed by atoms with E-state index in [4.69, 9.17) is 14.6 Å². The molecular formula is C25H30FN3O5Si. The van der Waals surface area contributed by atoms with Gasteiger partial charge in [0.25, 0.3) is 0 Å². The Bertz CT molecular complexity index is 1270. The molecule has 1 fully saturated rings. The van der Waals surface area contributed by atoms with Gasteiger partial charge in [-0.15, -0.1) is 0 Å². The predicted molar refractivity (Wildman–Crippen MR) is 134 cm³/mol. The first-order chi connectivity index (χ1) is 16.6. The number of carbonyl (C=O) groups is 2. The number of nitrogens with zero attached hydrogens (tertiary/aromatic N) is 2. The van der Waals surface area contributed by atoms with Crippen molar-refractivity contribution < 1.29 is 28.6 Å². The summed E-state index contributed by atoms with van der Waals surface area (Å²) in [5, 5.41) is 12.5. The second-order valence-corrected chi connectivity index (χ2v) is 15.6. The zero-order valence-corrected chi connectivity index (χ0v) is 21.3. The Morgan fingerprint density at radius 3 is 2.66 bits per heavy atom. The van der Waals surface area contributed by atoms with Crippen molar-refractivity contribution in [3.8, 4) is 16.9 Å². The van der Waals surface area contributed by atoms with E-state index in [1.807, 2.05) is 0 Å². The van der Waals surface area contributed by atoms with E-state index in [0.717, 1.165) is 6.04 Å². The first-order valence-electron chi connectivity index (χ1n) is 11.5. The van der Waals surface area contributed by atoms with E-state index in [-0.39, 0.29) is 12.6 Å². The average Bonchev–Trinajstić information content (AvgIpc) is 3.53.